The summed E-state index contributed by atoms with van der Waals surface area (Å²) in [5, 5.41) is 0. The number of nitrogens with two attached hydrogens (primary N) is 2. The Hall–Kier alpha value is 0.210. The zero-order chi connectivity index (χ0) is 7.49. The first kappa shape index (κ1) is 9.21. The Labute approximate surface area is 61.5 Å². The molecule has 0 rings (SSSR count). The van der Waals surface area contributed by atoms with Crippen molar-refractivity contribution in [2.75, 3.05) is 6.54 Å². The highest BCUT2D eigenvalue weighted by Gasteiger charge is 2.17. The van der Waals surface area contributed by atoms with E-state index in [0.717, 1.165) is 6.42 Å². The number of rotatable bonds is 3. The van der Waals surface area contributed by atoms with Crippen LogP contribution in [0.4, 0.5) is 0 Å². The Balaban J connectivity index is 3.58. The van der Waals surface area contributed by atoms with Gasteiger partial charge in [-0.15, -0.1) is 11.6 Å². The minimum absolute atomic E-state index is 0.0845. The molecular formula is C6H15ClN2. The van der Waals surface area contributed by atoms with E-state index in [4.69, 9.17) is 23.1 Å². The fraction of sp³-hybridized carbons (Fsp3) is 1.00. The molecule has 0 fully saturated rings. The van der Waals surface area contributed by atoms with Gasteiger partial charge >= 0.3 is 0 Å². The summed E-state index contributed by atoms with van der Waals surface area (Å²) in [7, 11) is 0. The van der Waals surface area contributed by atoms with Crippen molar-refractivity contribution < 1.29 is 0 Å². The first-order chi connectivity index (χ1) is 3.98. The molecule has 2 nitrogen and oxygen atoms in total. The molecule has 0 saturated heterocycles. The summed E-state index contributed by atoms with van der Waals surface area (Å²) in [6.45, 7) is 4.73. The Morgan fingerprint density at radius 2 is 2.00 bits per heavy atom. The third-order valence-electron chi connectivity index (χ3n) is 1.30. The lowest BCUT2D eigenvalue weighted by Crippen LogP contribution is -2.29. The monoisotopic (exact) mass is 150 g/mol. The van der Waals surface area contributed by atoms with Crippen LogP contribution in [0.2, 0.25) is 0 Å². The molecule has 56 valence electrons. The summed E-state index contributed by atoms with van der Waals surface area (Å²) in [4.78, 5) is 0. The van der Waals surface area contributed by atoms with Crippen molar-refractivity contribution in [3.63, 3.8) is 0 Å². The summed E-state index contributed by atoms with van der Waals surface area (Å²) in [6.07, 6.45) is 0.769. The van der Waals surface area contributed by atoms with Crippen LogP contribution in [0.5, 0.6) is 0 Å². The van der Waals surface area contributed by atoms with Gasteiger partial charge in [0.1, 0.15) is 0 Å². The first-order valence-corrected chi connectivity index (χ1v) is 3.51. The van der Waals surface area contributed by atoms with E-state index < -0.39 is 0 Å². The van der Waals surface area contributed by atoms with E-state index >= 15 is 0 Å². The molecule has 0 amide bonds. The minimum Gasteiger partial charge on any atom is -0.330 e. The third kappa shape index (κ3) is 4.70. The third-order valence-corrected chi connectivity index (χ3v) is 1.45. The number of alkyl halides is 1. The Kier molecular flexibility index (Phi) is 3.48. The van der Waals surface area contributed by atoms with Gasteiger partial charge in [-0.2, -0.15) is 0 Å². The average Bonchev–Trinajstić information content (AvgIpc) is 1.63. The van der Waals surface area contributed by atoms with Crippen LogP contribution in [0.15, 0.2) is 0 Å². The van der Waals surface area contributed by atoms with Crippen molar-refractivity contribution in [3.8, 4) is 0 Å². The van der Waals surface area contributed by atoms with E-state index in [1.165, 1.54) is 0 Å². The highest BCUT2D eigenvalue weighted by molar-refractivity contribution is 6.20. The van der Waals surface area contributed by atoms with E-state index in [9.17, 15) is 0 Å². The van der Waals surface area contributed by atoms with Gasteiger partial charge in [-0.3, -0.25) is 0 Å². The first-order valence-electron chi connectivity index (χ1n) is 3.08. The fourth-order valence-electron chi connectivity index (χ4n) is 0.611. The highest BCUT2D eigenvalue weighted by atomic mass is 35.5. The van der Waals surface area contributed by atoms with Gasteiger partial charge in [0, 0.05) is 0 Å². The van der Waals surface area contributed by atoms with Crippen molar-refractivity contribution in [2.45, 2.75) is 25.8 Å². The van der Waals surface area contributed by atoms with Crippen LogP contribution in [-0.2, 0) is 0 Å². The van der Waals surface area contributed by atoms with Crippen LogP contribution in [0.3, 0.4) is 0 Å². The maximum atomic E-state index is 5.56. The lowest BCUT2D eigenvalue weighted by molar-refractivity contribution is 0.343. The van der Waals surface area contributed by atoms with Gasteiger partial charge < -0.3 is 11.5 Å². The summed E-state index contributed by atoms with van der Waals surface area (Å²) in [5.74, 6) is 0. The smallest absolute Gasteiger partial charge is 0.0806 e. The van der Waals surface area contributed by atoms with E-state index in [1.807, 2.05) is 0 Å². The fourth-order valence-corrected chi connectivity index (χ4v) is 1.03. The lowest BCUT2D eigenvalue weighted by atomic mass is 9.90. The van der Waals surface area contributed by atoms with Gasteiger partial charge in [0.25, 0.3) is 0 Å². The second-order valence-electron chi connectivity index (χ2n) is 3.09. The standard InChI is InChI=1S/C6H15ClN2/c1-6(2,4-8)3-5(7)9/h5H,3-4,8-9H2,1-2H3. The molecule has 0 aromatic carbocycles. The molecule has 1 atom stereocenters. The SMILES string of the molecule is CC(C)(CN)CC(N)Cl. The number of hydrogen-bond donors (Lipinski definition) is 2. The van der Waals surface area contributed by atoms with Crippen molar-refractivity contribution >= 4 is 11.6 Å². The molecule has 1 unspecified atom stereocenters. The molecule has 9 heavy (non-hydrogen) atoms. The van der Waals surface area contributed by atoms with Crippen molar-refractivity contribution in [1.29, 1.82) is 0 Å². The van der Waals surface area contributed by atoms with Gasteiger partial charge in [-0.05, 0) is 18.4 Å². The van der Waals surface area contributed by atoms with Crippen LogP contribution >= 0.6 is 11.6 Å². The second kappa shape index (κ2) is 3.40. The minimum atomic E-state index is -0.261. The molecular weight excluding hydrogens is 136 g/mol. The topological polar surface area (TPSA) is 52.0 Å². The molecule has 0 aliphatic rings. The molecule has 0 aliphatic heterocycles. The maximum absolute atomic E-state index is 5.56. The van der Waals surface area contributed by atoms with Gasteiger partial charge in [0.05, 0.1) is 5.50 Å². The van der Waals surface area contributed by atoms with E-state index in [2.05, 4.69) is 13.8 Å². The molecule has 0 aromatic rings. The van der Waals surface area contributed by atoms with Gasteiger partial charge in [-0.1, -0.05) is 13.8 Å². The maximum Gasteiger partial charge on any atom is 0.0806 e. The summed E-state index contributed by atoms with van der Waals surface area (Å²) in [5.41, 5.74) is 10.6. The molecule has 0 bridgehead atoms. The van der Waals surface area contributed by atoms with Crippen LogP contribution in [0, 0.1) is 5.41 Å². The summed E-state index contributed by atoms with van der Waals surface area (Å²) in [6, 6.07) is 0. The quantitative estimate of drug-likeness (QED) is 0.464. The second-order valence-corrected chi connectivity index (χ2v) is 3.65. The summed E-state index contributed by atoms with van der Waals surface area (Å²) < 4.78 is 0. The average molecular weight is 151 g/mol. The van der Waals surface area contributed by atoms with Gasteiger partial charge in [0.15, 0.2) is 0 Å². The highest BCUT2D eigenvalue weighted by Crippen LogP contribution is 2.20. The van der Waals surface area contributed by atoms with E-state index in [0.29, 0.717) is 6.54 Å². The normalized spacial score (nSPS) is 15.7. The molecule has 0 saturated carbocycles. The van der Waals surface area contributed by atoms with E-state index in [1.54, 1.807) is 0 Å². The lowest BCUT2D eigenvalue weighted by Gasteiger charge is -2.22. The van der Waals surface area contributed by atoms with Crippen molar-refractivity contribution in [3.05, 3.63) is 0 Å². The summed E-state index contributed by atoms with van der Waals surface area (Å²) >= 11 is 5.56. The Morgan fingerprint density at radius 1 is 1.56 bits per heavy atom. The Bertz CT molecular complexity index is 81.1. The zero-order valence-corrected chi connectivity index (χ0v) is 6.78. The molecule has 0 radical (unpaired) electrons. The van der Waals surface area contributed by atoms with Crippen LogP contribution in [0.1, 0.15) is 20.3 Å². The zero-order valence-electron chi connectivity index (χ0n) is 6.02. The Morgan fingerprint density at radius 3 is 2.11 bits per heavy atom. The van der Waals surface area contributed by atoms with Crippen LogP contribution in [0.25, 0.3) is 0 Å². The largest absolute Gasteiger partial charge is 0.330 e. The predicted octanol–water partition coefficient (Wildman–Crippen LogP) is 0.885. The predicted molar refractivity (Wildman–Crippen MR) is 41.3 cm³/mol. The molecule has 0 aromatic heterocycles. The van der Waals surface area contributed by atoms with E-state index in [-0.39, 0.29) is 10.9 Å². The van der Waals surface area contributed by atoms with Crippen molar-refractivity contribution in [1.82, 2.24) is 0 Å². The van der Waals surface area contributed by atoms with Gasteiger partial charge in [0.2, 0.25) is 0 Å². The molecule has 3 heteroatoms. The number of halogens is 1. The molecule has 0 aliphatic carbocycles. The van der Waals surface area contributed by atoms with Crippen molar-refractivity contribution in [2.24, 2.45) is 16.9 Å². The molecule has 0 spiro atoms. The number of hydrogen-bond acceptors (Lipinski definition) is 2. The molecule has 0 heterocycles. The molecule has 4 N–H and O–H groups in total. The van der Waals surface area contributed by atoms with Crippen LogP contribution in [-0.4, -0.2) is 12.0 Å². The van der Waals surface area contributed by atoms with Crippen LogP contribution < -0.4 is 11.5 Å². The van der Waals surface area contributed by atoms with Gasteiger partial charge in [-0.25, -0.2) is 0 Å².